The van der Waals surface area contributed by atoms with Crippen LogP contribution in [0.1, 0.15) is 21.6 Å². The fraction of sp³-hybridized carbons (Fsp3) is 0.100. The molecule has 0 saturated carbocycles. The van der Waals surface area contributed by atoms with Crippen molar-refractivity contribution in [1.82, 2.24) is 14.4 Å². The number of fused-ring (bicyclic) bond motifs is 1. The molecule has 3 aromatic heterocycles. The minimum Gasteiger partial charge on any atom is -0.455 e. The van der Waals surface area contributed by atoms with E-state index in [1.807, 2.05) is 0 Å². The first-order chi connectivity index (χ1) is 14.8. The number of hydrogen-bond donors (Lipinski definition) is 1. The van der Waals surface area contributed by atoms with Crippen molar-refractivity contribution in [2.24, 2.45) is 0 Å². The van der Waals surface area contributed by atoms with Crippen LogP contribution in [0.25, 0.3) is 4.96 Å². The molecular formula is C20H13F3N4O3S. The first-order valence-electron chi connectivity index (χ1n) is 8.83. The summed E-state index contributed by atoms with van der Waals surface area (Å²) in [5.41, 5.74) is -0.726. The Morgan fingerprint density at radius 1 is 1.19 bits per heavy atom. The second kappa shape index (κ2) is 8.19. The molecule has 3 heterocycles. The van der Waals surface area contributed by atoms with Gasteiger partial charge in [-0.3, -0.25) is 9.20 Å². The van der Waals surface area contributed by atoms with Crippen molar-refractivity contribution in [2.75, 3.05) is 5.32 Å². The molecule has 1 aromatic carbocycles. The van der Waals surface area contributed by atoms with Gasteiger partial charge >= 0.3 is 12.1 Å². The number of carbonyl (C=O) groups is 1. The van der Waals surface area contributed by atoms with E-state index in [1.54, 1.807) is 11.6 Å². The fourth-order valence-electron chi connectivity index (χ4n) is 2.76. The van der Waals surface area contributed by atoms with Gasteiger partial charge in [-0.25, -0.2) is 14.8 Å². The standard InChI is InChI=1S/C20H13F3N4O3S/c21-20(22,23)12-3-1-4-13(9-12)25-17-15(5-2-6-24-17)18(29)30-11-14-10-16(28)27-7-8-31-19(27)26-14/h1-10H,11H2,(H,24,25). The van der Waals surface area contributed by atoms with E-state index >= 15 is 0 Å². The number of alkyl halides is 3. The van der Waals surface area contributed by atoms with Crippen molar-refractivity contribution < 1.29 is 22.7 Å². The Bertz CT molecular complexity index is 1320. The van der Waals surface area contributed by atoms with E-state index in [1.165, 1.54) is 52.3 Å². The maximum atomic E-state index is 12.9. The summed E-state index contributed by atoms with van der Waals surface area (Å²) in [5.74, 6) is -0.732. The Morgan fingerprint density at radius 3 is 2.84 bits per heavy atom. The average molecular weight is 446 g/mol. The maximum absolute atomic E-state index is 12.9. The van der Waals surface area contributed by atoms with Gasteiger partial charge in [0.15, 0.2) is 4.96 Å². The number of hydrogen-bond acceptors (Lipinski definition) is 7. The molecule has 0 saturated heterocycles. The number of benzene rings is 1. The van der Waals surface area contributed by atoms with E-state index in [2.05, 4.69) is 15.3 Å². The Kier molecular flexibility index (Phi) is 5.42. The highest BCUT2D eigenvalue weighted by Crippen LogP contribution is 2.31. The molecule has 0 atom stereocenters. The number of anilines is 2. The number of nitrogens with one attached hydrogen (secondary N) is 1. The molecule has 4 rings (SSSR count). The smallest absolute Gasteiger partial charge is 0.416 e. The highest BCUT2D eigenvalue weighted by Gasteiger charge is 2.30. The third kappa shape index (κ3) is 4.56. The van der Waals surface area contributed by atoms with E-state index in [0.29, 0.717) is 4.96 Å². The van der Waals surface area contributed by atoms with Crippen LogP contribution in [0.5, 0.6) is 0 Å². The number of rotatable bonds is 5. The summed E-state index contributed by atoms with van der Waals surface area (Å²) >= 11 is 1.26. The predicted molar refractivity (Wildman–Crippen MR) is 107 cm³/mol. The maximum Gasteiger partial charge on any atom is 0.416 e. The highest BCUT2D eigenvalue weighted by atomic mass is 32.1. The monoisotopic (exact) mass is 446 g/mol. The number of ether oxygens (including phenoxy) is 1. The molecule has 4 aromatic rings. The zero-order valence-corrected chi connectivity index (χ0v) is 16.4. The highest BCUT2D eigenvalue weighted by molar-refractivity contribution is 7.15. The number of carbonyl (C=O) groups excluding carboxylic acids is 1. The number of halogens is 3. The average Bonchev–Trinajstić information content (AvgIpc) is 3.21. The van der Waals surface area contributed by atoms with Gasteiger partial charge < -0.3 is 10.1 Å². The van der Waals surface area contributed by atoms with Crippen LogP contribution in [-0.4, -0.2) is 20.3 Å². The molecule has 11 heteroatoms. The third-order valence-electron chi connectivity index (χ3n) is 4.19. The molecule has 0 aliphatic rings. The SMILES string of the molecule is O=C(OCc1cc(=O)n2ccsc2n1)c1cccnc1Nc1cccc(C(F)(F)F)c1. The fourth-order valence-corrected chi connectivity index (χ4v) is 3.50. The van der Waals surface area contributed by atoms with Crippen molar-refractivity contribution in [3.63, 3.8) is 0 Å². The van der Waals surface area contributed by atoms with Crippen LogP contribution < -0.4 is 10.9 Å². The van der Waals surface area contributed by atoms with Crippen molar-refractivity contribution in [3.8, 4) is 0 Å². The van der Waals surface area contributed by atoms with Gasteiger partial charge in [0, 0.05) is 29.5 Å². The zero-order chi connectivity index (χ0) is 22.0. The quantitative estimate of drug-likeness (QED) is 0.461. The molecule has 31 heavy (non-hydrogen) atoms. The van der Waals surface area contributed by atoms with Crippen LogP contribution in [-0.2, 0) is 17.5 Å². The minimum absolute atomic E-state index is 0.0221. The number of esters is 1. The van der Waals surface area contributed by atoms with Gasteiger partial charge in [-0.1, -0.05) is 6.07 Å². The summed E-state index contributed by atoms with van der Waals surface area (Å²) in [5, 5.41) is 4.42. The third-order valence-corrected chi connectivity index (χ3v) is 4.94. The summed E-state index contributed by atoms with van der Waals surface area (Å²) in [6.45, 7) is -0.250. The molecule has 1 N–H and O–H groups in total. The molecule has 0 amide bonds. The summed E-state index contributed by atoms with van der Waals surface area (Å²) in [6, 6.07) is 8.71. The zero-order valence-electron chi connectivity index (χ0n) is 15.6. The number of nitrogens with zero attached hydrogens (tertiary/aromatic N) is 3. The van der Waals surface area contributed by atoms with Crippen LogP contribution in [0, 0.1) is 0 Å². The molecule has 7 nitrogen and oxygen atoms in total. The van der Waals surface area contributed by atoms with Crippen LogP contribution in [0.4, 0.5) is 24.7 Å². The summed E-state index contributed by atoms with van der Waals surface area (Å²) in [6.07, 6.45) is -1.52. The second-order valence-electron chi connectivity index (χ2n) is 6.32. The Hall–Kier alpha value is -3.73. The van der Waals surface area contributed by atoms with E-state index in [9.17, 15) is 22.8 Å². The summed E-state index contributed by atoms with van der Waals surface area (Å²) < 4.78 is 45.4. The van der Waals surface area contributed by atoms with Crippen LogP contribution in [0.2, 0.25) is 0 Å². The van der Waals surface area contributed by atoms with E-state index in [-0.39, 0.29) is 34.9 Å². The number of aromatic nitrogens is 3. The van der Waals surface area contributed by atoms with Crippen molar-refractivity contribution in [1.29, 1.82) is 0 Å². The first-order valence-corrected chi connectivity index (χ1v) is 9.71. The molecule has 0 fully saturated rings. The second-order valence-corrected chi connectivity index (χ2v) is 7.19. The lowest BCUT2D eigenvalue weighted by molar-refractivity contribution is -0.137. The molecule has 0 aliphatic carbocycles. The summed E-state index contributed by atoms with van der Waals surface area (Å²) in [7, 11) is 0. The minimum atomic E-state index is -4.50. The van der Waals surface area contributed by atoms with Gasteiger partial charge in [0.1, 0.15) is 18.0 Å². The lowest BCUT2D eigenvalue weighted by Gasteiger charge is -2.12. The Labute approximate surface area is 176 Å². The lowest BCUT2D eigenvalue weighted by atomic mass is 10.2. The van der Waals surface area contributed by atoms with E-state index in [4.69, 9.17) is 4.74 Å². The Morgan fingerprint density at radius 2 is 2.03 bits per heavy atom. The van der Waals surface area contributed by atoms with Gasteiger partial charge in [0.05, 0.1) is 11.3 Å². The van der Waals surface area contributed by atoms with E-state index < -0.39 is 17.7 Å². The summed E-state index contributed by atoms with van der Waals surface area (Å²) in [4.78, 5) is 33.3. The van der Waals surface area contributed by atoms with Crippen molar-refractivity contribution >= 4 is 33.8 Å². The van der Waals surface area contributed by atoms with Crippen molar-refractivity contribution in [2.45, 2.75) is 12.8 Å². The first kappa shape index (κ1) is 20.5. The molecule has 0 radical (unpaired) electrons. The van der Waals surface area contributed by atoms with Gasteiger partial charge in [0.2, 0.25) is 0 Å². The molecule has 0 spiro atoms. The molecule has 0 bridgehead atoms. The van der Waals surface area contributed by atoms with Gasteiger partial charge in [-0.2, -0.15) is 13.2 Å². The topological polar surface area (TPSA) is 85.6 Å². The molecule has 0 aliphatic heterocycles. The largest absolute Gasteiger partial charge is 0.455 e. The molecule has 158 valence electrons. The molecular weight excluding hydrogens is 433 g/mol. The van der Waals surface area contributed by atoms with E-state index in [0.717, 1.165) is 12.1 Å². The van der Waals surface area contributed by atoms with Gasteiger partial charge in [-0.05, 0) is 30.3 Å². The molecule has 0 unspecified atom stereocenters. The van der Waals surface area contributed by atoms with Crippen LogP contribution >= 0.6 is 11.3 Å². The van der Waals surface area contributed by atoms with Gasteiger partial charge in [-0.15, -0.1) is 11.3 Å². The lowest BCUT2D eigenvalue weighted by Crippen LogP contribution is -2.15. The predicted octanol–water partition coefficient (Wildman–Crippen LogP) is 4.27. The van der Waals surface area contributed by atoms with Crippen LogP contribution in [0.3, 0.4) is 0 Å². The number of thiazole rings is 1. The van der Waals surface area contributed by atoms with Crippen LogP contribution in [0.15, 0.2) is 65.0 Å². The van der Waals surface area contributed by atoms with Gasteiger partial charge in [0.25, 0.3) is 5.56 Å². The normalized spacial score (nSPS) is 11.5. The number of pyridine rings is 1. The van der Waals surface area contributed by atoms with Crippen molar-refractivity contribution in [3.05, 3.63) is 87.4 Å². The Balaban J connectivity index is 1.52.